The van der Waals surface area contributed by atoms with Crippen molar-refractivity contribution >= 4 is 12.4 Å². The Bertz CT molecular complexity index is 113. The molecule has 0 unspecified atom stereocenters. The summed E-state index contributed by atoms with van der Waals surface area (Å²) < 4.78 is 0. The molecule has 2 fully saturated rings. The van der Waals surface area contributed by atoms with E-state index in [9.17, 15) is 0 Å². The Morgan fingerprint density at radius 1 is 1.18 bits per heavy atom. The fraction of sp³-hybridized carbons (Fsp3) is 1.00. The van der Waals surface area contributed by atoms with E-state index in [2.05, 4.69) is 12.2 Å². The van der Waals surface area contributed by atoms with Crippen LogP contribution >= 0.6 is 12.4 Å². The van der Waals surface area contributed by atoms with E-state index in [1.807, 2.05) is 0 Å². The van der Waals surface area contributed by atoms with E-state index in [1.54, 1.807) is 0 Å². The van der Waals surface area contributed by atoms with Crippen LogP contribution in [0.25, 0.3) is 0 Å². The topological polar surface area (TPSA) is 12.0 Å². The summed E-state index contributed by atoms with van der Waals surface area (Å²) in [4.78, 5) is 0. The minimum absolute atomic E-state index is 0. The maximum Gasteiger partial charge on any atom is 0.00983 e. The average Bonchev–Trinajstić information content (AvgIpc) is 2.27. The third kappa shape index (κ3) is 1.88. The zero-order valence-corrected chi connectivity index (χ0v) is 7.99. The summed E-state index contributed by atoms with van der Waals surface area (Å²) in [7, 11) is 0. The van der Waals surface area contributed by atoms with Gasteiger partial charge in [-0.1, -0.05) is 12.8 Å². The summed E-state index contributed by atoms with van der Waals surface area (Å²) in [6.07, 6.45) is 7.30. The number of rotatable bonds is 0. The number of fused-ring (bicyclic) bond motifs is 1. The standard InChI is InChI=1S/C9H17N.ClH/c1-7-6-8-4-2-3-5-9(8)10-7;/h7-10H,2-6H2,1H3;1H/t7-,8+,9+;/m1./s1. The third-order valence-corrected chi connectivity index (χ3v) is 3.06. The second-order valence-electron chi connectivity index (χ2n) is 3.95. The fourth-order valence-corrected chi connectivity index (χ4v) is 2.60. The van der Waals surface area contributed by atoms with Crippen LogP contribution in [0.4, 0.5) is 0 Å². The van der Waals surface area contributed by atoms with Gasteiger partial charge in [-0.15, -0.1) is 12.4 Å². The highest BCUT2D eigenvalue weighted by Crippen LogP contribution is 2.32. The lowest BCUT2D eigenvalue weighted by molar-refractivity contribution is 0.325. The molecule has 1 nitrogen and oxygen atoms in total. The molecule has 0 aromatic carbocycles. The zero-order chi connectivity index (χ0) is 6.97. The van der Waals surface area contributed by atoms with E-state index >= 15 is 0 Å². The SMILES string of the molecule is C[C@@H]1C[C@@H]2CCCC[C@@H]2N1.Cl. The van der Waals surface area contributed by atoms with Gasteiger partial charge in [-0.3, -0.25) is 0 Å². The van der Waals surface area contributed by atoms with E-state index in [0.717, 1.165) is 18.0 Å². The minimum atomic E-state index is 0. The Kier molecular flexibility index (Phi) is 3.20. The third-order valence-electron chi connectivity index (χ3n) is 3.06. The molecule has 2 aliphatic rings. The van der Waals surface area contributed by atoms with Gasteiger partial charge in [0.25, 0.3) is 0 Å². The summed E-state index contributed by atoms with van der Waals surface area (Å²) in [5, 5.41) is 3.66. The van der Waals surface area contributed by atoms with Crippen molar-refractivity contribution < 1.29 is 0 Å². The largest absolute Gasteiger partial charge is 0.311 e. The molecule has 11 heavy (non-hydrogen) atoms. The van der Waals surface area contributed by atoms with E-state index < -0.39 is 0 Å². The molecule has 2 heteroatoms. The summed E-state index contributed by atoms with van der Waals surface area (Å²) in [5.41, 5.74) is 0. The van der Waals surface area contributed by atoms with Crippen molar-refractivity contribution in [2.24, 2.45) is 5.92 Å². The highest BCUT2D eigenvalue weighted by atomic mass is 35.5. The van der Waals surface area contributed by atoms with E-state index in [4.69, 9.17) is 0 Å². The lowest BCUT2D eigenvalue weighted by atomic mass is 9.85. The predicted octanol–water partition coefficient (Wildman–Crippen LogP) is 2.35. The fourth-order valence-electron chi connectivity index (χ4n) is 2.60. The Labute approximate surface area is 75.4 Å². The Morgan fingerprint density at radius 2 is 1.91 bits per heavy atom. The van der Waals surface area contributed by atoms with Gasteiger partial charge in [0.05, 0.1) is 0 Å². The number of hydrogen-bond acceptors (Lipinski definition) is 1. The maximum absolute atomic E-state index is 3.66. The van der Waals surface area contributed by atoms with Crippen molar-refractivity contribution in [1.29, 1.82) is 0 Å². The van der Waals surface area contributed by atoms with Gasteiger partial charge in [0.15, 0.2) is 0 Å². The molecule has 1 aliphatic carbocycles. The highest BCUT2D eigenvalue weighted by molar-refractivity contribution is 5.85. The monoisotopic (exact) mass is 175 g/mol. The summed E-state index contributed by atoms with van der Waals surface area (Å²) in [5.74, 6) is 1.03. The molecule has 1 saturated heterocycles. The molecule has 0 aromatic heterocycles. The van der Waals surface area contributed by atoms with Gasteiger partial charge in [0.1, 0.15) is 0 Å². The smallest absolute Gasteiger partial charge is 0.00983 e. The lowest BCUT2D eigenvalue weighted by Gasteiger charge is -2.24. The second-order valence-corrected chi connectivity index (χ2v) is 3.95. The van der Waals surface area contributed by atoms with Crippen LogP contribution in [-0.4, -0.2) is 12.1 Å². The van der Waals surface area contributed by atoms with Crippen molar-refractivity contribution in [2.75, 3.05) is 0 Å². The summed E-state index contributed by atoms with van der Waals surface area (Å²) >= 11 is 0. The van der Waals surface area contributed by atoms with Gasteiger partial charge in [-0.25, -0.2) is 0 Å². The Morgan fingerprint density at radius 3 is 2.64 bits per heavy atom. The normalized spacial score (nSPS) is 42.8. The van der Waals surface area contributed by atoms with Crippen LogP contribution in [0.5, 0.6) is 0 Å². The summed E-state index contributed by atoms with van der Waals surface area (Å²) in [6, 6.07) is 1.69. The van der Waals surface area contributed by atoms with Crippen molar-refractivity contribution in [3.05, 3.63) is 0 Å². The zero-order valence-electron chi connectivity index (χ0n) is 7.18. The molecule has 0 spiro atoms. The minimum Gasteiger partial charge on any atom is -0.311 e. The van der Waals surface area contributed by atoms with Crippen LogP contribution in [0.15, 0.2) is 0 Å². The average molecular weight is 176 g/mol. The van der Waals surface area contributed by atoms with Gasteiger partial charge in [-0.2, -0.15) is 0 Å². The molecule has 1 N–H and O–H groups in total. The van der Waals surface area contributed by atoms with E-state index in [0.29, 0.717) is 0 Å². The van der Waals surface area contributed by atoms with Gasteiger partial charge < -0.3 is 5.32 Å². The number of nitrogens with one attached hydrogen (secondary N) is 1. The van der Waals surface area contributed by atoms with Crippen LogP contribution in [0, 0.1) is 5.92 Å². The molecule has 2 rings (SSSR count). The molecule has 0 radical (unpaired) electrons. The van der Waals surface area contributed by atoms with Crippen LogP contribution in [0.1, 0.15) is 39.0 Å². The van der Waals surface area contributed by atoms with Crippen molar-refractivity contribution in [1.82, 2.24) is 5.32 Å². The van der Waals surface area contributed by atoms with Crippen molar-refractivity contribution in [2.45, 2.75) is 51.1 Å². The highest BCUT2D eigenvalue weighted by Gasteiger charge is 2.32. The molecular weight excluding hydrogens is 158 g/mol. The molecule has 0 aromatic rings. The molecule has 0 amide bonds. The molecule has 1 saturated carbocycles. The first-order valence-corrected chi connectivity index (χ1v) is 4.62. The van der Waals surface area contributed by atoms with E-state index in [-0.39, 0.29) is 12.4 Å². The molecule has 66 valence electrons. The van der Waals surface area contributed by atoms with Gasteiger partial charge >= 0.3 is 0 Å². The number of hydrogen-bond donors (Lipinski definition) is 1. The predicted molar refractivity (Wildman–Crippen MR) is 50.2 cm³/mol. The van der Waals surface area contributed by atoms with E-state index in [1.165, 1.54) is 32.1 Å². The molecule has 1 aliphatic heterocycles. The molecule has 3 atom stereocenters. The van der Waals surface area contributed by atoms with Crippen molar-refractivity contribution in [3.8, 4) is 0 Å². The first-order chi connectivity index (χ1) is 4.86. The van der Waals surface area contributed by atoms with Gasteiger partial charge in [0, 0.05) is 12.1 Å². The molecule has 0 bridgehead atoms. The van der Waals surface area contributed by atoms with Crippen LogP contribution in [0.2, 0.25) is 0 Å². The first-order valence-electron chi connectivity index (χ1n) is 4.62. The first kappa shape index (κ1) is 9.34. The number of halogens is 1. The quantitative estimate of drug-likeness (QED) is 0.596. The van der Waals surface area contributed by atoms with Gasteiger partial charge in [0.2, 0.25) is 0 Å². The Hall–Kier alpha value is 0.250. The molecule has 1 heterocycles. The molecular formula is C9H18ClN. The Balaban J connectivity index is 0.000000605. The maximum atomic E-state index is 3.66. The van der Waals surface area contributed by atoms with Crippen LogP contribution in [-0.2, 0) is 0 Å². The van der Waals surface area contributed by atoms with Crippen molar-refractivity contribution in [3.63, 3.8) is 0 Å². The lowest BCUT2D eigenvalue weighted by Crippen LogP contribution is -2.31. The summed E-state index contributed by atoms with van der Waals surface area (Å²) in [6.45, 7) is 2.32. The van der Waals surface area contributed by atoms with Crippen LogP contribution < -0.4 is 5.32 Å². The van der Waals surface area contributed by atoms with Gasteiger partial charge in [-0.05, 0) is 32.1 Å². The second kappa shape index (κ2) is 3.77. The van der Waals surface area contributed by atoms with Crippen LogP contribution in [0.3, 0.4) is 0 Å².